The molecule has 0 amide bonds. The summed E-state index contributed by atoms with van der Waals surface area (Å²) in [5.41, 5.74) is 0.943. The van der Waals surface area contributed by atoms with Gasteiger partial charge in [0.1, 0.15) is 6.33 Å². The van der Waals surface area contributed by atoms with Crippen molar-refractivity contribution in [2.75, 3.05) is 6.61 Å². The van der Waals surface area contributed by atoms with Crippen molar-refractivity contribution in [1.29, 1.82) is 0 Å². The van der Waals surface area contributed by atoms with Crippen LogP contribution in [0.5, 0.6) is 5.88 Å². The third-order valence-corrected chi connectivity index (χ3v) is 2.23. The number of esters is 1. The highest BCUT2D eigenvalue weighted by molar-refractivity contribution is 5.75. The van der Waals surface area contributed by atoms with E-state index in [1.165, 1.54) is 6.33 Å². The Balaban J connectivity index is 2.08. The highest BCUT2D eigenvalue weighted by Crippen LogP contribution is 2.24. The molecule has 1 atom stereocenters. The van der Waals surface area contributed by atoms with Crippen molar-refractivity contribution in [2.24, 2.45) is 0 Å². The van der Waals surface area contributed by atoms with E-state index in [9.17, 15) is 4.79 Å². The number of fused-ring (bicyclic) bond motifs is 1. The molecule has 1 aliphatic rings. The second-order valence-electron chi connectivity index (χ2n) is 3.25. The van der Waals surface area contributed by atoms with Crippen LogP contribution in [0.2, 0.25) is 0 Å². The molecule has 0 radical (unpaired) electrons. The molecule has 0 spiro atoms. The van der Waals surface area contributed by atoms with Gasteiger partial charge >= 0.3 is 5.97 Å². The van der Waals surface area contributed by atoms with Gasteiger partial charge in [0, 0.05) is 11.8 Å². The number of rotatable bonds is 2. The summed E-state index contributed by atoms with van der Waals surface area (Å²) in [4.78, 5) is 19.3. The highest BCUT2D eigenvalue weighted by atomic mass is 16.6. The van der Waals surface area contributed by atoms with Crippen molar-refractivity contribution in [3.63, 3.8) is 0 Å². The van der Waals surface area contributed by atoms with Gasteiger partial charge in [-0.1, -0.05) is 0 Å². The van der Waals surface area contributed by atoms with E-state index in [2.05, 4.69) is 9.97 Å². The van der Waals surface area contributed by atoms with Crippen molar-refractivity contribution in [1.82, 2.24) is 9.97 Å². The van der Waals surface area contributed by atoms with Crippen LogP contribution in [0.4, 0.5) is 0 Å². The van der Waals surface area contributed by atoms with Crippen molar-refractivity contribution in [2.45, 2.75) is 25.9 Å². The topological polar surface area (TPSA) is 61.3 Å². The molecule has 0 N–H and O–H groups in total. The molecule has 1 aliphatic heterocycles. The quantitative estimate of drug-likeness (QED) is 0.670. The maximum absolute atomic E-state index is 11.4. The van der Waals surface area contributed by atoms with E-state index in [1.807, 2.05) is 0 Å². The van der Waals surface area contributed by atoms with E-state index in [0.717, 1.165) is 12.0 Å². The summed E-state index contributed by atoms with van der Waals surface area (Å²) >= 11 is 0. The summed E-state index contributed by atoms with van der Waals surface area (Å²) in [5.74, 6) is 0.177. The third-order valence-electron chi connectivity index (χ3n) is 2.23. The number of hydrogen-bond acceptors (Lipinski definition) is 5. The third kappa shape index (κ3) is 2.06. The molecule has 1 aromatic heterocycles. The fraction of sp³-hybridized carbons (Fsp3) is 0.500. The number of hydrogen-bond donors (Lipinski definition) is 0. The molecule has 1 aromatic rings. The van der Waals surface area contributed by atoms with Crippen LogP contribution in [0.25, 0.3) is 0 Å². The molecule has 2 heterocycles. The summed E-state index contributed by atoms with van der Waals surface area (Å²) in [6, 6.07) is 0. The van der Waals surface area contributed by atoms with Crippen molar-refractivity contribution in [3.05, 3.63) is 18.1 Å². The van der Waals surface area contributed by atoms with Crippen LogP contribution in [0.1, 0.15) is 18.9 Å². The van der Waals surface area contributed by atoms with Crippen molar-refractivity contribution >= 4 is 5.97 Å². The normalized spacial score (nSPS) is 18.9. The molecular weight excluding hydrogens is 196 g/mol. The SMILES string of the molecule is CCOC(=O)C1CCc2cncnc2O1. The standard InChI is InChI=1S/C10H12N2O3/c1-2-14-10(13)8-4-3-7-5-11-6-12-9(7)15-8/h5-6,8H,2-4H2,1H3. The first kappa shape index (κ1) is 9.89. The minimum Gasteiger partial charge on any atom is -0.463 e. The monoisotopic (exact) mass is 208 g/mol. The maximum atomic E-state index is 11.4. The lowest BCUT2D eigenvalue weighted by Gasteiger charge is -2.22. The lowest BCUT2D eigenvalue weighted by atomic mass is 10.1. The first-order valence-corrected chi connectivity index (χ1v) is 4.93. The number of carbonyl (C=O) groups is 1. The first-order valence-electron chi connectivity index (χ1n) is 4.93. The molecule has 0 aliphatic carbocycles. The molecule has 2 rings (SSSR count). The fourth-order valence-corrected chi connectivity index (χ4v) is 1.51. The van der Waals surface area contributed by atoms with E-state index in [0.29, 0.717) is 18.9 Å². The van der Waals surface area contributed by atoms with Crippen LogP contribution >= 0.6 is 0 Å². The Morgan fingerprint density at radius 2 is 2.60 bits per heavy atom. The average molecular weight is 208 g/mol. The summed E-state index contributed by atoms with van der Waals surface area (Å²) in [5, 5.41) is 0. The second kappa shape index (κ2) is 4.25. The average Bonchev–Trinajstić information content (AvgIpc) is 2.29. The van der Waals surface area contributed by atoms with Gasteiger partial charge in [0.25, 0.3) is 0 Å². The summed E-state index contributed by atoms with van der Waals surface area (Å²) < 4.78 is 10.3. The van der Waals surface area contributed by atoms with Gasteiger partial charge < -0.3 is 9.47 Å². The van der Waals surface area contributed by atoms with E-state index in [4.69, 9.17) is 9.47 Å². The van der Waals surface area contributed by atoms with E-state index in [-0.39, 0.29) is 5.97 Å². The van der Waals surface area contributed by atoms with Crippen LogP contribution in [-0.2, 0) is 16.0 Å². The first-order chi connectivity index (χ1) is 7.31. The molecule has 0 saturated heterocycles. The molecule has 0 fully saturated rings. The Bertz CT molecular complexity index is 367. The van der Waals surface area contributed by atoms with E-state index in [1.54, 1.807) is 13.1 Å². The molecule has 80 valence electrons. The number of ether oxygens (including phenoxy) is 2. The summed E-state index contributed by atoms with van der Waals surface area (Å²) in [6.07, 6.45) is 3.97. The molecule has 5 heteroatoms. The molecule has 0 bridgehead atoms. The van der Waals surface area contributed by atoms with Crippen molar-refractivity contribution < 1.29 is 14.3 Å². The van der Waals surface area contributed by atoms with Gasteiger partial charge in [-0.3, -0.25) is 0 Å². The fourth-order valence-electron chi connectivity index (χ4n) is 1.51. The molecular formula is C10H12N2O3. The Labute approximate surface area is 87.4 Å². The maximum Gasteiger partial charge on any atom is 0.347 e. The lowest BCUT2D eigenvalue weighted by molar-refractivity contribution is -0.152. The van der Waals surface area contributed by atoms with Crippen LogP contribution < -0.4 is 4.74 Å². The van der Waals surface area contributed by atoms with Gasteiger partial charge in [0.05, 0.1) is 6.61 Å². The zero-order valence-electron chi connectivity index (χ0n) is 8.47. The minimum atomic E-state index is -0.521. The highest BCUT2D eigenvalue weighted by Gasteiger charge is 2.27. The number of carbonyl (C=O) groups excluding carboxylic acids is 1. The van der Waals surface area contributed by atoms with Crippen LogP contribution in [0.15, 0.2) is 12.5 Å². The summed E-state index contributed by atoms with van der Waals surface area (Å²) in [7, 11) is 0. The predicted octanol–water partition coefficient (Wildman–Crippen LogP) is 0.733. The molecule has 0 aromatic carbocycles. The Hall–Kier alpha value is -1.65. The second-order valence-corrected chi connectivity index (χ2v) is 3.25. The smallest absolute Gasteiger partial charge is 0.347 e. The van der Waals surface area contributed by atoms with Gasteiger partial charge in [0.15, 0.2) is 6.10 Å². The number of nitrogens with zero attached hydrogens (tertiary/aromatic N) is 2. The summed E-state index contributed by atoms with van der Waals surface area (Å²) in [6.45, 7) is 2.15. The van der Waals surface area contributed by atoms with Gasteiger partial charge in [-0.05, 0) is 19.8 Å². The number of aromatic nitrogens is 2. The van der Waals surface area contributed by atoms with E-state index >= 15 is 0 Å². The van der Waals surface area contributed by atoms with Crippen LogP contribution in [-0.4, -0.2) is 28.6 Å². The van der Waals surface area contributed by atoms with Crippen LogP contribution in [0, 0.1) is 0 Å². The molecule has 15 heavy (non-hydrogen) atoms. The van der Waals surface area contributed by atoms with Gasteiger partial charge in [-0.2, -0.15) is 0 Å². The molecule has 0 saturated carbocycles. The minimum absolute atomic E-state index is 0.318. The molecule has 5 nitrogen and oxygen atoms in total. The largest absolute Gasteiger partial charge is 0.463 e. The van der Waals surface area contributed by atoms with Gasteiger partial charge in [-0.15, -0.1) is 0 Å². The Kier molecular flexibility index (Phi) is 2.80. The van der Waals surface area contributed by atoms with Crippen LogP contribution in [0.3, 0.4) is 0 Å². The zero-order valence-corrected chi connectivity index (χ0v) is 8.47. The Morgan fingerprint density at radius 3 is 3.40 bits per heavy atom. The predicted molar refractivity (Wildman–Crippen MR) is 51.4 cm³/mol. The molecule has 1 unspecified atom stereocenters. The Morgan fingerprint density at radius 1 is 1.73 bits per heavy atom. The van der Waals surface area contributed by atoms with Gasteiger partial charge in [-0.25, -0.2) is 14.8 Å². The lowest BCUT2D eigenvalue weighted by Crippen LogP contribution is -2.33. The van der Waals surface area contributed by atoms with Crippen molar-refractivity contribution in [3.8, 4) is 5.88 Å². The van der Waals surface area contributed by atoms with E-state index < -0.39 is 6.10 Å². The zero-order chi connectivity index (χ0) is 10.7. The van der Waals surface area contributed by atoms with Gasteiger partial charge in [0.2, 0.25) is 5.88 Å². The number of aryl methyl sites for hydroxylation is 1.